The van der Waals surface area contributed by atoms with Gasteiger partial charge in [-0.1, -0.05) is 60.7 Å². The quantitative estimate of drug-likeness (QED) is 0.812. The summed E-state index contributed by atoms with van der Waals surface area (Å²) in [5.41, 5.74) is 1.30. The van der Waals surface area contributed by atoms with Crippen LogP contribution in [-0.2, 0) is 0 Å². The molecule has 0 bridgehead atoms. The predicted octanol–water partition coefficient (Wildman–Crippen LogP) is 2.81. The van der Waals surface area contributed by atoms with Gasteiger partial charge < -0.3 is 5.11 Å². The Kier molecular flexibility index (Phi) is 3.68. The third-order valence-corrected chi connectivity index (χ3v) is 2.51. The first-order valence-corrected chi connectivity index (χ1v) is 5.44. The van der Waals surface area contributed by atoms with Gasteiger partial charge in [0.05, 0.1) is 12.5 Å². The lowest BCUT2D eigenvalue weighted by molar-refractivity contribution is 0.0979. The number of Topliss-reactive ketones (excluding diaryl/α,β-unsaturated/α-hetero) is 1. The number of carbonyl (C=O) groups is 1. The maximum Gasteiger partial charge on any atom is 0.169 e. The largest absolute Gasteiger partial charge is 0.388 e. The van der Waals surface area contributed by atoms with Gasteiger partial charge in [0.15, 0.2) is 5.78 Å². The number of rotatable bonds is 4. The summed E-state index contributed by atoms with van der Waals surface area (Å²) >= 11 is 0. The van der Waals surface area contributed by atoms with E-state index >= 15 is 0 Å². The summed E-state index contributed by atoms with van der Waals surface area (Å²) in [7, 11) is 0. The molecule has 2 aromatic carbocycles. The Morgan fingerprint density at radius 1 is 0.941 bits per heavy atom. The average Bonchev–Trinajstić information content (AvgIpc) is 2.40. The van der Waals surface area contributed by atoms with Crippen molar-refractivity contribution in [1.82, 2.24) is 0 Å². The molecule has 0 aliphatic carbocycles. The lowest BCUT2D eigenvalue weighted by Crippen LogP contribution is -2.07. The highest BCUT2D eigenvalue weighted by Gasteiger charge is 2.14. The zero-order valence-corrected chi connectivity index (χ0v) is 9.28. The van der Waals surface area contributed by atoms with Gasteiger partial charge in [0.25, 0.3) is 0 Å². The van der Waals surface area contributed by atoms with Crippen LogP contribution < -0.4 is 0 Å². The lowest BCUT2D eigenvalue weighted by atomic mass is 10.0. The fourth-order valence-electron chi connectivity index (χ4n) is 1.59. The van der Waals surface area contributed by atoms with Gasteiger partial charge in [0.1, 0.15) is 0 Å². The number of carbonyl (C=O) groups excluding carboxylic acids is 1. The predicted molar refractivity (Wildman–Crippen MR) is 66.5 cm³/mol. The SMILES string of the molecule is O=C([CH]C(O)c1ccccc1)c1ccccc1. The normalized spacial score (nSPS) is 12.1. The fraction of sp³-hybridized carbons (Fsp3) is 0.0667. The number of ketones is 1. The van der Waals surface area contributed by atoms with Crippen LogP contribution >= 0.6 is 0 Å². The standard InChI is InChI=1S/C15H13O2/c16-14(12-7-3-1-4-8-12)11-15(17)13-9-5-2-6-10-13/h1-11,14,16H. The van der Waals surface area contributed by atoms with Crippen LogP contribution in [-0.4, -0.2) is 10.9 Å². The second-order valence-electron chi connectivity index (χ2n) is 3.75. The minimum atomic E-state index is -0.857. The molecule has 0 amide bonds. The molecule has 2 aromatic rings. The number of benzene rings is 2. The molecule has 1 atom stereocenters. The molecule has 0 aromatic heterocycles. The molecule has 1 N–H and O–H groups in total. The van der Waals surface area contributed by atoms with Crippen molar-refractivity contribution in [3.8, 4) is 0 Å². The Bertz CT molecular complexity index is 477. The zero-order valence-electron chi connectivity index (χ0n) is 9.28. The highest BCUT2D eigenvalue weighted by Crippen LogP contribution is 2.17. The summed E-state index contributed by atoms with van der Waals surface area (Å²) < 4.78 is 0. The molecular formula is C15H13O2. The molecule has 85 valence electrons. The zero-order chi connectivity index (χ0) is 12.1. The Hall–Kier alpha value is -1.93. The Balaban J connectivity index is 2.05. The average molecular weight is 225 g/mol. The van der Waals surface area contributed by atoms with E-state index in [9.17, 15) is 9.90 Å². The Morgan fingerprint density at radius 3 is 2.06 bits per heavy atom. The van der Waals surface area contributed by atoms with Crippen molar-refractivity contribution in [1.29, 1.82) is 0 Å². The minimum absolute atomic E-state index is 0.165. The molecule has 2 rings (SSSR count). The van der Waals surface area contributed by atoms with Gasteiger partial charge >= 0.3 is 0 Å². The van der Waals surface area contributed by atoms with E-state index in [4.69, 9.17) is 0 Å². The van der Waals surface area contributed by atoms with Crippen LogP contribution in [0.2, 0.25) is 0 Å². The van der Waals surface area contributed by atoms with Gasteiger partial charge in [-0.05, 0) is 5.56 Å². The lowest BCUT2D eigenvalue weighted by Gasteiger charge is -2.09. The van der Waals surface area contributed by atoms with Crippen LogP contribution in [0, 0.1) is 6.42 Å². The van der Waals surface area contributed by atoms with Crippen molar-refractivity contribution in [2.45, 2.75) is 6.10 Å². The van der Waals surface area contributed by atoms with E-state index in [-0.39, 0.29) is 5.78 Å². The van der Waals surface area contributed by atoms with Crippen molar-refractivity contribution in [3.05, 3.63) is 78.2 Å². The van der Waals surface area contributed by atoms with Crippen LogP contribution in [0.15, 0.2) is 60.7 Å². The second-order valence-corrected chi connectivity index (χ2v) is 3.75. The Labute approximate surface area is 101 Å². The van der Waals surface area contributed by atoms with Crippen LogP contribution in [0.25, 0.3) is 0 Å². The third kappa shape index (κ3) is 3.02. The Morgan fingerprint density at radius 2 is 1.47 bits per heavy atom. The van der Waals surface area contributed by atoms with Gasteiger partial charge in [0, 0.05) is 5.56 Å². The number of hydrogen-bond acceptors (Lipinski definition) is 2. The van der Waals surface area contributed by atoms with Crippen LogP contribution in [0.4, 0.5) is 0 Å². The van der Waals surface area contributed by atoms with E-state index in [1.165, 1.54) is 6.42 Å². The fourth-order valence-corrected chi connectivity index (χ4v) is 1.59. The maximum atomic E-state index is 11.8. The van der Waals surface area contributed by atoms with Gasteiger partial charge in [-0.2, -0.15) is 0 Å². The maximum absolute atomic E-state index is 11.8. The summed E-state index contributed by atoms with van der Waals surface area (Å²) in [4.78, 5) is 11.8. The smallest absolute Gasteiger partial charge is 0.169 e. The monoisotopic (exact) mass is 225 g/mol. The molecule has 1 radical (unpaired) electrons. The highest BCUT2D eigenvalue weighted by atomic mass is 16.3. The van der Waals surface area contributed by atoms with Gasteiger partial charge in [-0.15, -0.1) is 0 Å². The molecule has 2 nitrogen and oxygen atoms in total. The van der Waals surface area contributed by atoms with E-state index in [1.54, 1.807) is 36.4 Å². The third-order valence-electron chi connectivity index (χ3n) is 2.51. The molecule has 0 fully saturated rings. The first kappa shape index (κ1) is 11.6. The number of hydrogen-bond donors (Lipinski definition) is 1. The summed E-state index contributed by atoms with van der Waals surface area (Å²) in [6, 6.07) is 18.0. The summed E-state index contributed by atoms with van der Waals surface area (Å²) in [5.74, 6) is -0.165. The van der Waals surface area contributed by atoms with Crippen molar-refractivity contribution in [3.63, 3.8) is 0 Å². The van der Waals surface area contributed by atoms with Crippen molar-refractivity contribution >= 4 is 5.78 Å². The molecule has 1 unspecified atom stereocenters. The highest BCUT2D eigenvalue weighted by molar-refractivity contribution is 6.02. The first-order valence-electron chi connectivity index (χ1n) is 5.44. The van der Waals surface area contributed by atoms with Gasteiger partial charge in [-0.25, -0.2) is 0 Å². The van der Waals surface area contributed by atoms with E-state index in [2.05, 4.69) is 0 Å². The number of aliphatic hydroxyl groups excluding tert-OH is 1. The summed E-state index contributed by atoms with van der Waals surface area (Å²) in [5, 5.41) is 9.88. The van der Waals surface area contributed by atoms with E-state index in [0.717, 1.165) is 5.56 Å². The molecule has 0 aliphatic rings. The first-order chi connectivity index (χ1) is 8.27. The van der Waals surface area contributed by atoms with E-state index in [0.29, 0.717) is 5.56 Å². The van der Waals surface area contributed by atoms with E-state index < -0.39 is 6.10 Å². The van der Waals surface area contributed by atoms with Crippen molar-refractivity contribution < 1.29 is 9.90 Å². The molecule has 0 spiro atoms. The van der Waals surface area contributed by atoms with Gasteiger partial charge in [-0.3, -0.25) is 4.79 Å². The van der Waals surface area contributed by atoms with Crippen molar-refractivity contribution in [2.24, 2.45) is 0 Å². The van der Waals surface area contributed by atoms with Crippen LogP contribution in [0.5, 0.6) is 0 Å². The topological polar surface area (TPSA) is 37.3 Å². The van der Waals surface area contributed by atoms with Crippen molar-refractivity contribution in [2.75, 3.05) is 0 Å². The second kappa shape index (κ2) is 5.41. The van der Waals surface area contributed by atoms with E-state index in [1.807, 2.05) is 24.3 Å². The summed E-state index contributed by atoms with van der Waals surface area (Å²) in [6.07, 6.45) is 0.467. The molecule has 0 saturated carbocycles. The summed E-state index contributed by atoms with van der Waals surface area (Å²) in [6.45, 7) is 0. The molecule has 0 saturated heterocycles. The molecule has 2 heteroatoms. The van der Waals surface area contributed by atoms with Crippen LogP contribution in [0.1, 0.15) is 22.0 Å². The molecule has 17 heavy (non-hydrogen) atoms. The van der Waals surface area contributed by atoms with Crippen LogP contribution in [0.3, 0.4) is 0 Å². The molecule has 0 heterocycles. The minimum Gasteiger partial charge on any atom is -0.388 e. The molecule has 0 aliphatic heterocycles. The van der Waals surface area contributed by atoms with Gasteiger partial charge in [0.2, 0.25) is 0 Å². The molecular weight excluding hydrogens is 212 g/mol. The number of aliphatic hydroxyl groups is 1.